The van der Waals surface area contributed by atoms with Crippen molar-refractivity contribution in [2.45, 2.75) is 6.42 Å². The van der Waals surface area contributed by atoms with Crippen LogP contribution in [0.2, 0.25) is 0 Å². The third-order valence-corrected chi connectivity index (χ3v) is 4.51. The highest BCUT2D eigenvalue weighted by atomic mass is 32.1. The van der Waals surface area contributed by atoms with E-state index in [-0.39, 0.29) is 10.8 Å². The van der Waals surface area contributed by atoms with E-state index in [1.807, 2.05) is 42.3 Å². The molecule has 3 rings (SSSR count). The molecule has 0 saturated carbocycles. The zero-order valence-electron chi connectivity index (χ0n) is 13.7. The van der Waals surface area contributed by atoms with Gasteiger partial charge in [-0.15, -0.1) is 0 Å². The largest absolute Gasteiger partial charge is 0.494 e. The van der Waals surface area contributed by atoms with Crippen molar-refractivity contribution >= 4 is 17.2 Å². The predicted molar refractivity (Wildman–Crippen MR) is 96.6 cm³/mol. The number of nitrogens with one attached hydrogen (secondary N) is 1. The summed E-state index contributed by atoms with van der Waals surface area (Å²) in [7, 11) is 1.95. The minimum absolute atomic E-state index is 0.0527. The molecule has 8 heteroatoms. The summed E-state index contributed by atoms with van der Waals surface area (Å²) in [4.78, 5) is 24.0. The molecule has 0 saturated heterocycles. The first-order valence-corrected chi connectivity index (χ1v) is 8.53. The summed E-state index contributed by atoms with van der Waals surface area (Å²) in [5, 5.41) is 9.63. The van der Waals surface area contributed by atoms with Crippen molar-refractivity contribution in [2.75, 3.05) is 25.1 Å². The predicted octanol–water partition coefficient (Wildman–Crippen LogP) is 2.04. The first kappa shape index (κ1) is 17.0. The maximum Gasteiger partial charge on any atom is 0.307 e. The third kappa shape index (κ3) is 4.57. The second-order valence-electron chi connectivity index (χ2n) is 5.44. The van der Waals surface area contributed by atoms with Crippen molar-refractivity contribution in [2.24, 2.45) is 0 Å². The van der Waals surface area contributed by atoms with E-state index in [1.165, 1.54) is 6.33 Å². The Hall–Kier alpha value is -2.87. The Kier molecular flexibility index (Phi) is 5.30. The number of aromatic hydroxyl groups is 1. The minimum Gasteiger partial charge on any atom is -0.494 e. The molecule has 0 bridgehead atoms. The van der Waals surface area contributed by atoms with E-state index in [0.717, 1.165) is 28.5 Å². The van der Waals surface area contributed by atoms with Gasteiger partial charge in [0.1, 0.15) is 24.5 Å². The number of nitrogens with zero attached hydrogens (tertiary/aromatic N) is 3. The number of anilines is 1. The van der Waals surface area contributed by atoms with Crippen molar-refractivity contribution in [3.63, 3.8) is 0 Å². The van der Waals surface area contributed by atoms with Crippen LogP contribution in [0.25, 0.3) is 0 Å². The first-order valence-electron chi connectivity index (χ1n) is 7.71. The SMILES string of the molecule is CN(CCOc1ccc(Cc2sc(=O)[nH]c2O)cc1)c1ccncn1. The van der Waals surface area contributed by atoms with Crippen molar-refractivity contribution < 1.29 is 9.84 Å². The molecule has 0 aliphatic rings. The number of benzene rings is 1. The fourth-order valence-electron chi connectivity index (χ4n) is 2.29. The molecule has 0 atom stereocenters. The quantitative estimate of drug-likeness (QED) is 0.672. The summed E-state index contributed by atoms with van der Waals surface area (Å²) in [6.07, 6.45) is 3.73. The molecule has 0 spiro atoms. The van der Waals surface area contributed by atoms with Gasteiger partial charge < -0.3 is 14.7 Å². The highest BCUT2D eigenvalue weighted by Crippen LogP contribution is 2.21. The van der Waals surface area contributed by atoms with Crippen LogP contribution < -0.4 is 14.5 Å². The van der Waals surface area contributed by atoms with Gasteiger partial charge in [0.05, 0.1) is 11.4 Å². The number of H-pyrrole nitrogens is 1. The maximum absolute atomic E-state index is 11.2. The topological polar surface area (TPSA) is 91.3 Å². The van der Waals surface area contributed by atoms with E-state index >= 15 is 0 Å². The molecule has 0 aliphatic heterocycles. The highest BCUT2D eigenvalue weighted by Gasteiger charge is 2.08. The highest BCUT2D eigenvalue weighted by molar-refractivity contribution is 7.09. The summed E-state index contributed by atoms with van der Waals surface area (Å²) >= 11 is 1.02. The molecular weight excluding hydrogens is 340 g/mol. The van der Waals surface area contributed by atoms with Gasteiger partial charge in [0.2, 0.25) is 5.88 Å². The Morgan fingerprint density at radius 2 is 2.08 bits per heavy atom. The first-order chi connectivity index (χ1) is 12.1. The number of rotatable bonds is 7. The van der Waals surface area contributed by atoms with Crippen molar-refractivity contribution in [1.82, 2.24) is 15.0 Å². The van der Waals surface area contributed by atoms with Crippen LogP contribution in [0.15, 0.2) is 47.7 Å². The third-order valence-electron chi connectivity index (χ3n) is 3.64. The number of hydrogen-bond acceptors (Lipinski definition) is 7. The zero-order chi connectivity index (χ0) is 17.6. The Labute approximate surface area is 148 Å². The Morgan fingerprint density at radius 1 is 1.28 bits per heavy atom. The number of thiazole rings is 1. The van der Waals surface area contributed by atoms with Crippen molar-refractivity contribution in [1.29, 1.82) is 0 Å². The molecule has 130 valence electrons. The summed E-state index contributed by atoms with van der Waals surface area (Å²) in [6, 6.07) is 9.46. The molecule has 2 N–H and O–H groups in total. The van der Waals surface area contributed by atoms with Gasteiger partial charge in [0.25, 0.3) is 0 Å². The lowest BCUT2D eigenvalue weighted by atomic mass is 10.1. The van der Waals surface area contributed by atoms with Gasteiger partial charge in [-0.05, 0) is 23.8 Å². The van der Waals surface area contributed by atoms with E-state index in [0.29, 0.717) is 24.4 Å². The van der Waals surface area contributed by atoms with Gasteiger partial charge in [-0.1, -0.05) is 23.5 Å². The summed E-state index contributed by atoms with van der Waals surface area (Å²) in [6.45, 7) is 1.23. The fourth-order valence-corrected chi connectivity index (χ4v) is 3.04. The van der Waals surface area contributed by atoms with Gasteiger partial charge in [0.15, 0.2) is 0 Å². The van der Waals surface area contributed by atoms with Crippen LogP contribution in [0.5, 0.6) is 11.6 Å². The van der Waals surface area contributed by atoms with Gasteiger partial charge in [0, 0.05) is 19.7 Å². The minimum atomic E-state index is -0.250. The van der Waals surface area contributed by atoms with Crippen LogP contribution in [0.1, 0.15) is 10.4 Å². The molecule has 0 unspecified atom stereocenters. The number of ether oxygens (including phenoxy) is 1. The van der Waals surface area contributed by atoms with E-state index in [4.69, 9.17) is 4.74 Å². The monoisotopic (exact) mass is 358 g/mol. The molecule has 0 fully saturated rings. The molecule has 2 aromatic heterocycles. The lowest BCUT2D eigenvalue weighted by Gasteiger charge is -2.17. The summed E-state index contributed by atoms with van der Waals surface area (Å²) < 4.78 is 5.74. The second kappa shape index (κ2) is 7.80. The zero-order valence-corrected chi connectivity index (χ0v) is 14.5. The van der Waals surface area contributed by atoms with E-state index in [9.17, 15) is 9.90 Å². The van der Waals surface area contributed by atoms with Gasteiger partial charge >= 0.3 is 4.87 Å². The molecule has 2 heterocycles. The number of likely N-dealkylation sites (N-methyl/N-ethyl adjacent to an activating group) is 1. The molecule has 0 amide bonds. The molecule has 3 aromatic rings. The van der Waals surface area contributed by atoms with Gasteiger partial charge in [-0.2, -0.15) is 0 Å². The number of aromatic amines is 1. The van der Waals surface area contributed by atoms with Crippen molar-refractivity contribution in [3.8, 4) is 11.6 Å². The lowest BCUT2D eigenvalue weighted by molar-refractivity contribution is 0.325. The standard InChI is InChI=1S/C17H18N4O3S/c1-21(15-6-7-18-11-19-15)8-9-24-13-4-2-12(3-5-13)10-14-16(22)20-17(23)25-14/h2-7,11,22H,8-10H2,1H3,(H,20,23). The van der Waals surface area contributed by atoms with Gasteiger partial charge in [-0.25, -0.2) is 9.97 Å². The molecule has 7 nitrogen and oxygen atoms in total. The molecule has 1 aromatic carbocycles. The molecule has 0 radical (unpaired) electrons. The van der Waals surface area contributed by atoms with Crippen LogP contribution >= 0.6 is 11.3 Å². The average molecular weight is 358 g/mol. The number of hydrogen-bond donors (Lipinski definition) is 2. The van der Waals surface area contributed by atoms with E-state index in [2.05, 4.69) is 15.0 Å². The van der Waals surface area contributed by atoms with Crippen LogP contribution in [-0.4, -0.2) is 40.3 Å². The smallest absolute Gasteiger partial charge is 0.307 e. The summed E-state index contributed by atoms with van der Waals surface area (Å²) in [5.74, 6) is 1.56. The van der Waals surface area contributed by atoms with Crippen LogP contribution in [0, 0.1) is 0 Å². The average Bonchev–Trinajstić information content (AvgIpc) is 2.94. The Balaban J connectivity index is 1.51. The van der Waals surface area contributed by atoms with Gasteiger partial charge in [-0.3, -0.25) is 9.78 Å². The Bertz CT molecular complexity index is 862. The number of aromatic nitrogens is 3. The molecule has 25 heavy (non-hydrogen) atoms. The summed E-state index contributed by atoms with van der Waals surface area (Å²) in [5.41, 5.74) is 0.996. The maximum atomic E-state index is 11.2. The second-order valence-corrected chi connectivity index (χ2v) is 6.51. The molecular formula is C17H18N4O3S. The normalized spacial score (nSPS) is 10.6. The Morgan fingerprint density at radius 3 is 2.72 bits per heavy atom. The van der Waals surface area contributed by atoms with E-state index in [1.54, 1.807) is 6.20 Å². The molecule has 0 aliphatic carbocycles. The fraction of sp³-hybridized carbons (Fsp3) is 0.235. The van der Waals surface area contributed by atoms with Crippen molar-refractivity contribution in [3.05, 3.63) is 63.0 Å². The van der Waals surface area contributed by atoms with E-state index < -0.39 is 0 Å². The lowest BCUT2D eigenvalue weighted by Crippen LogP contribution is -2.24. The van der Waals surface area contributed by atoms with Crippen LogP contribution in [0.3, 0.4) is 0 Å². The van der Waals surface area contributed by atoms with Crippen LogP contribution in [-0.2, 0) is 6.42 Å². The van der Waals surface area contributed by atoms with Crippen LogP contribution in [0.4, 0.5) is 5.82 Å².